The van der Waals surface area contributed by atoms with E-state index in [0.29, 0.717) is 36.3 Å². The Labute approximate surface area is 199 Å². The smallest absolute Gasteiger partial charge is 0.258 e. The molecular formula is C25H29FN4O3S. The molecule has 0 unspecified atom stereocenters. The van der Waals surface area contributed by atoms with E-state index >= 15 is 0 Å². The maximum absolute atomic E-state index is 13.4. The van der Waals surface area contributed by atoms with Gasteiger partial charge in [-0.1, -0.05) is 31.5 Å². The molecule has 1 aromatic heterocycles. The number of hydrogen-bond acceptors (Lipinski definition) is 4. The number of rotatable bonds is 8. The normalized spacial score (nSPS) is 14.1. The Kier molecular flexibility index (Phi) is 7.13. The van der Waals surface area contributed by atoms with Gasteiger partial charge >= 0.3 is 0 Å². The van der Waals surface area contributed by atoms with Crippen molar-refractivity contribution in [1.29, 1.82) is 0 Å². The largest absolute Gasteiger partial charge is 0.302 e. The van der Waals surface area contributed by atoms with Crippen molar-refractivity contribution < 1.29 is 17.6 Å². The summed E-state index contributed by atoms with van der Waals surface area (Å²) in [6, 6.07) is 14.7. The molecule has 0 radical (unpaired) electrons. The fourth-order valence-corrected chi connectivity index (χ4v) is 5.86. The summed E-state index contributed by atoms with van der Waals surface area (Å²) in [5, 5.41) is 4.67. The number of anilines is 1. The molecule has 0 fully saturated rings. The molecule has 1 aliphatic rings. The quantitative estimate of drug-likeness (QED) is 0.486. The molecule has 2 aromatic carbocycles. The van der Waals surface area contributed by atoms with Crippen LogP contribution in [-0.4, -0.2) is 40.7 Å². The second-order valence-electron chi connectivity index (χ2n) is 8.48. The van der Waals surface area contributed by atoms with Gasteiger partial charge in [0.2, 0.25) is 10.0 Å². The number of nitrogens with zero attached hydrogens (tertiary/aromatic N) is 4. The minimum Gasteiger partial charge on any atom is -0.302 e. The highest BCUT2D eigenvalue weighted by Crippen LogP contribution is 2.28. The summed E-state index contributed by atoms with van der Waals surface area (Å²) in [6.45, 7) is 2.82. The summed E-state index contributed by atoms with van der Waals surface area (Å²) in [7, 11) is -1.51. The van der Waals surface area contributed by atoms with Crippen LogP contribution < -0.4 is 4.90 Å². The molecule has 3 aromatic rings. The first-order chi connectivity index (χ1) is 16.3. The van der Waals surface area contributed by atoms with Gasteiger partial charge < -0.3 is 4.90 Å². The van der Waals surface area contributed by atoms with E-state index in [2.05, 4.69) is 5.10 Å². The van der Waals surface area contributed by atoms with Crippen LogP contribution in [0.5, 0.6) is 0 Å². The molecule has 180 valence electrons. The van der Waals surface area contributed by atoms with Gasteiger partial charge in [-0.3, -0.25) is 9.48 Å². The Balaban J connectivity index is 1.67. The minimum absolute atomic E-state index is 0.133. The fraction of sp³-hybridized carbons (Fsp3) is 0.360. The van der Waals surface area contributed by atoms with Gasteiger partial charge in [-0.2, -0.15) is 9.40 Å². The third kappa shape index (κ3) is 5.05. The van der Waals surface area contributed by atoms with E-state index in [0.717, 1.165) is 17.7 Å². The first kappa shape index (κ1) is 24.1. The van der Waals surface area contributed by atoms with Gasteiger partial charge in [0.05, 0.1) is 18.0 Å². The fourth-order valence-electron chi connectivity index (χ4n) is 4.25. The molecule has 0 saturated heterocycles. The number of carbonyl (C=O) groups is 1. The van der Waals surface area contributed by atoms with Gasteiger partial charge in [-0.05, 0) is 42.8 Å². The topological polar surface area (TPSA) is 75.5 Å². The van der Waals surface area contributed by atoms with Crippen LogP contribution in [0.2, 0.25) is 0 Å². The molecule has 1 amide bonds. The van der Waals surface area contributed by atoms with Crippen LogP contribution >= 0.6 is 0 Å². The second-order valence-corrected chi connectivity index (χ2v) is 10.6. The lowest BCUT2D eigenvalue weighted by Gasteiger charge is -2.28. The van der Waals surface area contributed by atoms with Gasteiger partial charge in [0.25, 0.3) is 5.91 Å². The summed E-state index contributed by atoms with van der Waals surface area (Å²) in [6.07, 6.45) is 2.01. The Bertz CT molecular complexity index is 1260. The number of halogens is 1. The molecule has 4 rings (SSSR count). The van der Waals surface area contributed by atoms with Gasteiger partial charge in [-0.15, -0.1) is 0 Å². The maximum Gasteiger partial charge on any atom is 0.258 e. The van der Waals surface area contributed by atoms with E-state index in [-0.39, 0.29) is 24.7 Å². The molecule has 0 saturated carbocycles. The van der Waals surface area contributed by atoms with E-state index in [1.165, 1.54) is 28.6 Å². The van der Waals surface area contributed by atoms with E-state index < -0.39 is 15.8 Å². The lowest BCUT2D eigenvalue weighted by molar-refractivity contribution is 0.0984. The number of hydrogen-bond donors (Lipinski definition) is 0. The van der Waals surface area contributed by atoms with Crippen molar-refractivity contribution in [1.82, 2.24) is 14.1 Å². The van der Waals surface area contributed by atoms with Crippen molar-refractivity contribution in [2.75, 3.05) is 17.2 Å². The van der Waals surface area contributed by atoms with E-state index in [1.54, 1.807) is 9.58 Å². The zero-order valence-corrected chi connectivity index (χ0v) is 20.3. The number of sulfonamides is 1. The summed E-state index contributed by atoms with van der Waals surface area (Å²) in [4.78, 5) is 15.0. The molecule has 34 heavy (non-hydrogen) atoms. The van der Waals surface area contributed by atoms with Crippen LogP contribution in [0.25, 0.3) is 0 Å². The molecule has 9 heteroatoms. The third-order valence-corrected chi connectivity index (χ3v) is 8.05. The highest BCUT2D eigenvalue weighted by Gasteiger charge is 2.31. The Morgan fingerprint density at radius 1 is 1.12 bits per heavy atom. The van der Waals surface area contributed by atoms with Crippen molar-refractivity contribution in [3.05, 3.63) is 82.9 Å². The molecule has 0 aliphatic carbocycles. The zero-order valence-electron chi connectivity index (χ0n) is 19.4. The highest BCUT2D eigenvalue weighted by atomic mass is 32.2. The molecule has 0 atom stereocenters. The number of fused-ring (bicyclic) bond motifs is 1. The van der Waals surface area contributed by atoms with Crippen LogP contribution in [0.3, 0.4) is 0 Å². The highest BCUT2D eigenvalue weighted by molar-refractivity contribution is 7.89. The predicted molar refractivity (Wildman–Crippen MR) is 129 cm³/mol. The first-order valence-electron chi connectivity index (χ1n) is 11.4. The SMILES string of the molecule is CCCCS(=O)(=O)N1CCc2c(c(CN(C(=O)c3ccc(F)cc3)c3ccccc3)nn2C)C1. The summed E-state index contributed by atoms with van der Waals surface area (Å²) < 4.78 is 42.4. The molecule has 0 spiro atoms. The Morgan fingerprint density at radius 2 is 1.82 bits per heavy atom. The molecule has 7 nitrogen and oxygen atoms in total. The van der Waals surface area contributed by atoms with Gasteiger partial charge in [0, 0.05) is 49.1 Å². The minimum atomic E-state index is -3.36. The van der Waals surface area contributed by atoms with Gasteiger partial charge in [0.15, 0.2) is 0 Å². The van der Waals surface area contributed by atoms with Crippen LogP contribution in [0, 0.1) is 5.82 Å². The maximum atomic E-state index is 13.4. The lowest BCUT2D eigenvalue weighted by atomic mass is 10.1. The first-order valence-corrected chi connectivity index (χ1v) is 13.0. The van der Waals surface area contributed by atoms with Crippen molar-refractivity contribution >= 4 is 21.6 Å². The molecule has 2 heterocycles. The summed E-state index contributed by atoms with van der Waals surface area (Å²) >= 11 is 0. The van der Waals surface area contributed by atoms with Crippen molar-refractivity contribution in [3.63, 3.8) is 0 Å². The van der Waals surface area contributed by atoms with Crippen LogP contribution in [0.4, 0.5) is 10.1 Å². The number of para-hydroxylation sites is 1. The zero-order chi connectivity index (χ0) is 24.3. The molecule has 1 aliphatic heterocycles. The molecule has 0 bridgehead atoms. The van der Waals surface area contributed by atoms with Crippen LogP contribution in [-0.2, 0) is 36.6 Å². The van der Waals surface area contributed by atoms with Crippen molar-refractivity contribution in [3.8, 4) is 0 Å². The number of amides is 1. The Morgan fingerprint density at radius 3 is 2.50 bits per heavy atom. The summed E-state index contributed by atoms with van der Waals surface area (Å²) in [5.41, 5.74) is 3.53. The van der Waals surface area contributed by atoms with Gasteiger partial charge in [0.1, 0.15) is 5.82 Å². The number of aromatic nitrogens is 2. The number of unbranched alkanes of at least 4 members (excludes halogenated alkanes) is 1. The average Bonchev–Trinajstić information content (AvgIpc) is 3.16. The summed E-state index contributed by atoms with van der Waals surface area (Å²) in [5.74, 6) is -0.562. The number of benzene rings is 2. The van der Waals surface area contributed by atoms with Gasteiger partial charge in [-0.25, -0.2) is 12.8 Å². The predicted octanol–water partition coefficient (Wildman–Crippen LogP) is 3.89. The standard InChI is InChI=1S/C25H29FN4O3S/c1-3-4-16-34(32,33)29-15-14-24-22(17-29)23(27-28(24)2)18-30(21-8-6-5-7-9-21)25(31)19-10-12-20(26)13-11-19/h5-13H,3-4,14-18H2,1-2H3. The van der Waals surface area contributed by atoms with Crippen LogP contribution in [0.15, 0.2) is 54.6 Å². The Hall–Kier alpha value is -3.04. The van der Waals surface area contributed by atoms with E-state index in [1.807, 2.05) is 44.3 Å². The number of carbonyl (C=O) groups excluding carboxylic acids is 1. The number of aryl methyl sites for hydroxylation is 1. The lowest BCUT2D eigenvalue weighted by Crippen LogP contribution is -2.38. The van der Waals surface area contributed by atoms with Crippen molar-refractivity contribution in [2.24, 2.45) is 7.05 Å². The molecular weight excluding hydrogens is 455 g/mol. The van der Waals surface area contributed by atoms with Crippen molar-refractivity contribution in [2.45, 2.75) is 39.3 Å². The van der Waals surface area contributed by atoms with Crippen LogP contribution in [0.1, 0.15) is 47.1 Å². The van der Waals surface area contributed by atoms with E-state index in [9.17, 15) is 17.6 Å². The average molecular weight is 485 g/mol. The monoisotopic (exact) mass is 484 g/mol. The molecule has 0 N–H and O–H groups in total. The second kappa shape index (κ2) is 10.1. The van der Waals surface area contributed by atoms with E-state index in [4.69, 9.17) is 0 Å². The third-order valence-electron chi connectivity index (χ3n) is 6.15.